The van der Waals surface area contributed by atoms with Gasteiger partial charge in [0.25, 0.3) is 6.01 Å². The molecule has 0 spiro atoms. The zero-order valence-corrected chi connectivity index (χ0v) is 15.1. The molecule has 26 heavy (non-hydrogen) atoms. The third-order valence-corrected chi connectivity index (χ3v) is 4.57. The summed E-state index contributed by atoms with van der Waals surface area (Å²) in [7, 11) is 0. The molecule has 1 fully saturated rings. The minimum absolute atomic E-state index is 0.0878. The van der Waals surface area contributed by atoms with Crippen molar-refractivity contribution in [3.63, 3.8) is 0 Å². The van der Waals surface area contributed by atoms with Gasteiger partial charge in [-0.3, -0.25) is 9.48 Å². The van der Waals surface area contributed by atoms with Gasteiger partial charge in [0.15, 0.2) is 5.58 Å². The van der Waals surface area contributed by atoms with Crippen LogP contribution in [0, 0.1) is 13.8 Å². The van der Waals surface area contributed by atoms with E-state index in [4.69, 9.17) is 4.42 Å². The second kappa shape index (κ2) is 6.78. The Hall–Kier alpha value is -2.90. The van der Waals surface area contributed by atoms with Crippen molar-refractivity contribution in [3.8, 4) is 0 Å². The van der Waals surface area contributed by atoms with Crippen molar-refractivity contribution < 1.29 is 9.21 Å². The van der Waals surface area contributed by atoms with Crippen LogP contribution in [0.25, 0.3) is 11.2 Å². The van der Waals surface area contributed by atoms with E-state index < -0.39 is 0 Å². The van der Waals surface area contributed by atoms with E-state index >= 15 is 0 Å². The van der Waals surface area contributed by atoms with Crippen LogP contribution in [0.4, 0.5) is 6.01 Å². The smallest absolute Gasteiger partial charge is 0.300 e. The molecule has 3 aromatic rings. The summed E-state index contributed by atoms with van der Waals surface area (Å²) < 4.78 is 7.54. The zero-order chi connectivity index (χ0) is 18.1. The van der Waals surface area contributed by atoms with E-state index in [1.54, 1.807) is 4.68 Å². The van der Waals surface area contributed by atoms with Crippen LogP contribution in [-0.2, 0) is 11.3 Å². The third kappa shape index (κ3) is 3.40. The maximum atomic E-state index is 12.5. The minimum Gasteiger partial charge on any atom is -0.422 e. The molecule has 0 aromatic carbocycles. The first-order valence-corrected chi connectivity index (χ1v) is 8.85. The Kier molecular flexibility index (Phi) is 4.32. The number of carbonyl (C=O) groups is 1. The van der Waals surface area contributed by atoms with Gasteiger partial charge < -0.3 is 14.2 Å². The third-order valence-electron chi connectivity index (χ3n) is 4.57. The van der Waals surface area contributed by atoms with E-state index in [9.17, 15) is 4.79 Å². The first-order chi connectivity index (χ1) is 12.6. The summed E-state index contributed by atoms with van der Waals surface area (Å²) >= 11 is 0. The maximum Gasteiger partial charge on any atom is 0.300 e. The summed E-state index contributed by atoms with van der Waals surface area (Å²) in [5, 5.41) is 4.29. The Morgan fingerprint density at radius 3 is 2.77 bits per heavy atom. The second-order valence-corrected chi connectivity index (χ2v) is 6.65. The van der Waals surface area contributed by atoms with Gasteiger partial charge in [-0.15, -0.1) is 0 Å². The lowest BCUT2D eigenvalue weighted by molar-refractivity contribution is -0.131. The number of hydrogen-bond donors (Lipinski definition) is 0. The fraction of sp³-hybridized carbons (Fsp3) is 0.444. The number of aromatic nitrogens is 4. The highest BCUT2D eigenvalue weighted by Gasteiger charge is 2.22. The van der Waals surface area contributed by atoms with E-state index in [-0.39, 0.29) is 12.5 Å². The molecule has 0 aliphatic carbocycles. The van der Waals surface area contributed by atoms with E-state index in [0.29, 0.717) is 30.3 Å². The number of nitrogens with zero attached hydrogens (tertiary/aromatic N) is 6. The summed E-state index contributed by atoms with van der Waals surface area (Å²) in [4.78, 5) is 25.4. The first kappa shape index (κ1) is 16.6. The highest BCUT2D eigenvalue weighted by molar-refractivity contribution is 5.76. The Morgan fingerprint density at radius 1 is 1.08 bits per heavy atom. The van der Waals surface area contributed by atoms with E-state index in [1.165, 1.54) is 0 Å². The summed E-state index contributed by atoms with van der Waals surface area (Å²) in [6.45, 7) is 7.00. The number of carbonyl (C=O) groups excluding carboxylic acids is 1. The molecule has 1 aliphatic rings. The lowest BCUT2D eigenvalue weighted by Crippen LogP contribution is -2.37. The molecule has 0 radical (unpaired) electrons. The van der Waals surface area contributed by atoms with Crippen molar-refractivity contribution in [2.75, 3.05) is 31.1 Å². The largest absolute Gasteiger partial charge is 0.422 e. The summed E-state index contributed by atoms with van der Waals surface area (Å²) in [5.41, 5.74) is 3.15. The van der Waals surface area contributed by atoms with Gasteiger partial charge in [0.1, 0.15) is 6.54 Å². The molecule has 0 saturated carbocycles. The SMILES string of the molecule is Cc1ccc2oc(N3CCCN(C(=O)Cn4ccc(C)n4)CC3)nc2n1. The normalized spacial score (nSPS) is 15.5. The van der Waals surface area contributed by atoms with Crippen molar-refractivity contribution >= 4 is 23.2 Å². The molecule has 4 rings (SSSR count). The van der Waals surface area contributed by atoms with Gasteiger partial charge in [0.2, 0.25) is 11.6 Å². The number of fused-ring (bicyclic) bond motifs is 1. The Bertz CT molecular complexity index is 931. The Labute approximate surface area is 151 Å². The predicted molar refractivity (Wildman–Crippen MR) is 96.9 cm³/mol. The van der Waals surface area contributed by atoms with Crippen LogP contribution in [0.1, 0.15) is 17.8 Å². The lowest BCUT2D eigenvalue weighted by atomic mass is 10.4. The molecule has 0 unspecified atom stereocenters. The van der Waals surface area contributed by atoms with Gasteiger partial charge in [0.05, 0.1) is 5.69 Å². The number of rotatable bonds is 3. The Balaban J connectivity index is 1.43. The molecule has 4 heterocycles. The van der Waals surface area contributed by atoms with Crippen LogP contribution in [0.5, 0.6) is 0 Å². The molecule has 0 N–H and O–H groups in total. The van der Waals surface area contributed by atoms with Gasteiger partial charge in [0, 0.05) is 38.1 Å². The molecule has 1 aliphatic heterocycles. The van der Waals surface area contributed by atoms with E-state index in [0.717, 1.165) is 30.9 Å². The molecule has 8 nitrogen and oxygen atoms in total. The molecule has 3 aromatic heterocycles. The molecule has 0 bridgehead atoms. The molecule has 1 saturated heterocycles. The molecule has 8 heteroatoms. The van der Waals surface area contributed by atoms with Crippen LogP contribution >= 0.6 is 0 Å². The second-order valence-electron chi connectivity index (χ2n) is 6.65. The van der Waals surface area contributed by atoms with Crippen LogP contribution < -0.4 is 4.90 Å². The summed E-state index contributed by atoms with van der Waals surface area (Å²) in [5.74, 6) is 0.0878. The maximum absolute atomic E-state index is 12.5. The molecule has 136 valence electrons. The summed E-state index contributed by atoms with van der Waals surface area (Å²) in [6.07, 6.45) is 2.71. The fourth-order valence-electron chi connectivity index (χ4n) is 3.18. The van der Waals surface area contributed by atoms with Crippen LogP contribution in [-0.4, -0.2) is 56.7 Å². The average Bonchev–Trinajstić information content (AvgIpc) is 3.12. The number of hydrogen-bond acceptors (Lipinski definition) is 6. The summed E-state index contributed by atoms with van der Waals surface area (Å²) in [6, 6.07) is 6.29. The number of anilines is 1. The zero-order valence-electron chi connectivity index (χ0n) is 15.1. The average molecular weight is 354 g/mol. The van der Waals surface area contributed by atoms with Crippen molar-refractivity contribution in [2.24, 2.45) is 0 Å². The van der Waals surface area contributed by atoms with Crippen molar-refractivity contribution in [1.82, 2.24) is 24.6 Å². The van der Waals surface area contributed by atoms with Gasteiger partial charge in [-0.25, -0.2) is 4.98 Å². The minimum atomic E-state index is 0.0878. The Morgan fingerprint density at radius 2 is 1.96 bits per heavy atom. The number of pyridine rings is 1. The van der Waals surface area contributed by atoms with Crippen molar-refractivity contribution in [2.45, 2.75) is 26.8 Å². The molecular formula is C18H22N6O2. The monoisotopic (exact) mass is 354 g/mol. The van der Waals surface area contributed by atoms with Crippen LogP contribution in [0.15, 0.2) is 28.8 Å². The van der Waals surface area contributed by atoms with Gasteiger partial charge in [-0.2, -0.15) is 10.1 Å². The number of amides is 1. The van der Waals surface area contributed by atoms with Crippen molar-refractivity contribution in [3.05, 3.63) is 35.8 Å². The standard InChI is InChI=1S/C18H22N6O2/c1-13-4-5-15-17(19-13)20-18(26-15)23-8-3-7-22(10-11-23)16(25)12-24-9-6-14(2)21-24/h4-6,9H,3,7-8,10-12H2,1-2H3. The fourth-order valence-corrected chi connectivity index (χ4v) is 3.18. The van der Waals surface area contributed by atoms with Crippen molar-refractivity contribution in [1.29, 1.82) is 0 Å². The predicted octanol–water partition coefficient (Wildman–Crippen LogP) is 1.78. The highest BCUT2D eigenvalue weighted by Crippen LogP contribution is 2.22. The topological polar surface area (TPSA) is 80.3 Å². The van der Waals surface area contributed by atoms with E-state index in [1.807, 2.05) is 43.1 Å². The highest BCUT2D eigenvalue weighted by atomic mass is 16.4. The van der Waals surface area contributed by atoms with Crippen LogP contribution in [0.3, 0.4) is 0 Å². The first-order valence-electron chi connectivity index (χ1n) is 8.85. The van der Waals surface area contributed by atoms with Crippen LogP contribution in [0.2, 0.25) is 0 Å². The quantitative estimate of drug-likeness (QED) is 0.713. The molecule has 0 atom stereocenters. The van der Waals surface area contributed by atoms with E-state index in [2.05, 4.69) is 20.0 Å². The molecular weight excluding hydrogens is 332 g/mol. The lowest BCUT2D eigenvalue weighted by Gasteiger charge is -2.21. The van der Waals surface area contributed by atoms with Gasteiger partial charge in [-0.1, -0.05) is 0 Å². The number of aryl methyl sites for hydroxylation is 2. The number of oxazole rings is 1. The molecule has 1 amide bonds. The van der Waals surface area contributed by atoms with Gasteiger partial charge >= 0.3 is 0 Å². The van der Waals surface area contributed by atoms with Gasteiger partial charge in [-0.05, 0) is 38.5 Å².